The Morgan fingerprint density at radius 1 is 1.14 bits per heavy atom. The van der Waals surface area contributed by atoms with Crippen LogP contribution in [0, 0.1) is 11.7 Å². The second-order valence-electron chi connectivity index (χ2n) is 5.74. The lowest BCUT2D eigenvalue weighted by atomic mass is 10.1. The van der Waals surface area contributed by atoms with Crippen LogP contribution in [-0.4, -0.2) is 12.5 Å². The van der Waals surface area contributed by atoms with E-state index in [0.29, 0.717) is 5.56 Å². The van der Waals surface area contributed by atoms with Gasteiger partial charge in [0.25, 0.3) is 5.91 Å². The van der Waals surface area contributed by atoms with Crippen molar-refractivity contribution in [1.82, 2.24) is 5.32 Å². The van der Waals surface area contributed by atoms with Gasteiger partial charge in [-0.3, -0.25) is 4.79 Å². The predicted octanol–water partition coefficient (Wildman–Crippen LogP) is 3.58. The molecule has 1 aliphatic carbocycles. The number of hydrogen-bond acceptors (Lipinski definition) is 2. The Balaban J connectivity index is 1.58. The van der Waals surface area contributed by atoms with Gasteiger partial charge < -0.3 is 10.6 Å². The van der Waals surface area contributed by atoms with E-state index in [0.717, 1.165) is 30.3 Å². The van der Waals surface area contributed by atoms with Crippen molar-refractivity contribution in [2.45, 2.75) is 19.4 Å². The van der Waals surface area contributed by atoms with E-state index >= 15 is 0 Å². The summed E-state index contributed by atoms with van der Waals surface area (Å²) < 4.78 is 12.9. The molecule has 0 atom stereocenters. The molecule has 3 rings (SSSR count). The van der Waals surface area contributed by atoms with Gasteiger partial charge in [0.15, 0.2) is 0 Å². The zero-order chi connectivity index (χ0) is 15.4. The summed E-state index contributed by atoms with van der Waals surface area (Å²) in [5.74, 6) is 0.268. The van der Waals surface area contributed by atoms with Crippen LogP contribution in [0.1, 0.15) is 28.8 Å². The molecule has 0 aromatic heterocycles. The summed E-state index contributed by atoms with van der Waals surface area (Å²) in [6, 6.07) is 13.3. The lowest BCUT2D eigenvalue weighted by molar-refractivity contribution is 0.102. The maximum absolute atomic E-state index is 12.9. The summed E-state index contributed by atoms with van der Waals surface area (Å²) in [6.45, 7) is 1.86. The number of carbonyl (C=O) groups excluding carboxylic acids is 1. The SMILES string of the molecule is O=C(Nc1cccc(CNCC2CC2)c1)c1ccc(F)cc1. The monoisotopic (exact) mass is 298 g/mol. The Kier molecular flexibility index (Phi) is 4.49. The fraction of sp³-hybridized carbons (Fsp3) is 0.278. The summed E-state index contributed by atoms with van der Waals surface area (Å²) in [7, 11) is 0. The normalized spacial score (nSPS) is 13.9. The van der Waals surface area contributed by atoms with Crippen molar-refractivity contribution in [2.75, 3.05) is 11.9 Å². The van der Waals surface area contributed by atoms with Gasteiger partial charge in [0, 0.05) is 17.8 Å². The molecule has 22 heavy (non-hydrogen) atoms. The second kappa shape index (κ2) is 6.71. The summed E-state index contributed by atoms with van der Waals surface area (Å²) >= 11 is 0. The van der Waals surface area contributed by atoms with Crippen molar-refractivity contribution < 1.29 is 9.18 Å². The highest BCUT2D eigenvalue weighted by Crippen LogP contribution is 2.27. The first kappa shape index (κ1) is 14.7. The molecule has 0 bridgehead atoms. The standard InChI is InChI=1S/C18H19FN2O/c19-16-8-6-15(7-9-16)18(22)21-17-3-1-2-14(10-17)12-20-11-13-4-5-13/h1-3,6-10,13,20H,4-5,11-12H2,(H,21,22). The van der Waals surface area contributed by atoms with E-state index in [1.807, 2.05) is 24.3 Å². The molecule has 1 aliphatic rings. The fourth-order valence-corrected chi connectivity index (χ4v) is 2.31. The van der Waals surface area contributed by atoms with Crippen LogP contribution in [0.5, 0.6) is 0 Å². The zero-order valence-electron chi connectivity index (χ0n) is 12.3. The molecule has 0 unspecified atom stereocenters. The van der Waals surface area contributed by atoms with Crippen LogP contribution < -0.4 is 10.6 Å². The van der Waals surface area contributed by atoms with Crippen molar-refractivity contribution in [3.8, 4) is 0 Å². The van der Waals surface area contributed by atoms with Crippen LogP contribution in [0.2, 0.25) is 0 Å². The molecule has 4 heteroatoms. The molecular weight excluding hydrogens is 279 g/mol. The molecule has 1 fully saturated rings. The molecule has 2 aromatic rings. The van der Waals surface area contributed by atoms with Crippen LogP contribution in [-0.2, 0) is 6.54 Å². The molecule has 1 amide bonds. The van der Waals surface area contributed by atoms with Crippen LogP contribution >= 0.6 is 0 Å². The second-order valence-corrected chi connectivity index (χ2v) is 5.74. The predicted molar refractivity (Wildman–Crippen MR) is 85.2 cm³/mol. The van der Waals surface area contributed by atoms with Crippen molar-refractivity contribution in [1.29, 1.82) is 0 Å². The van der Waals surface area contributed by atoms with Crippen LogP contribution in [0.3, 0.4) is 0 Å². The lowest BCUT2D eigenvalue weighted by Crippen LogP contribution is -2.16. The molecule has 1 saturated carbocycles. The van der Waals surface area contributed by atoms with Crippen molar-refractivity contribution in [3.63, 3.8) is 0 Å². The first-order valence-corrected chi connectivity index (χ1v) is 7.57. The van der Waals surface area contributed by atoms with E-state index in [1.165, 1.54) is 37.1 Å². The van der Waals surface area contributed by atoms with Gasteiger partial charge in [-0.25, -0.2) is 4.39 Å². The smallest absolute Gasteiger partial charge is 0.255 e. The van der Waals surface area contributed by atoms with E-state index in [1.54, 1.807) is 0 Å². The third-order valence-corrected chi connectivity index (χ3v) is 3.75. The van der Waals surface area contributed by atoms with Crippen LogP contribution in [0.15, 0.2) is 48.5 Å². The van der Waals surface area contributed by atoms with Crippen molar-refractivity contribution in [3.05, 3.63) is 65.5 Å². The molecular formula is C18H19FN2O. The van der Waals surface area contributed by atoms with Gasteiger partial charge >= 0.3 is 0 Å². The summed E-state index contributed by atoms with van der Waals surface area (Å²) in [6.07, 6.45) is 2.67. The third kappa shape index (κ3) is 4.15. The minimum absolute atomic E-state index is 0.233. The maximum atomic E-state index is 12.9. The number of anilines is 1. The van der Waals surface area contributed by atoms with Gasteiger partial charge in [-0.2, -0.15) is 0 Å². The molecule has 3 nitrogen and oxygen atoms in total. The fourth-order valence-electron chi connectivity index (χ4n) is 2.31. The first-order valence-electron chi connectivity index (χ1n) is 7.57. The van der Waals surface area contributed by atoms with Gasteiger partial charge in [0.1, 0.15) is 5.82 Å². The van der Waals surface area contributed by atoms with Gasteiger partial charge in [-0.15, -0.1) is 0 Å². The number of rotatable bonds is 6. The Bertz CT molecular complexity index is 650. The molecule has 0 saturated heterocycles. The lowest BCUT2D eigenvalue weighted by Gasteiger charge is -2.08. The minimum atomic E-state index is -0.347. The Morgan fingerprint density at radius 2 is 1.91 bits per heavy atom. The Labute approximate surface area is 129 Å². The summed E-state index contributed by atoms with van der Waals surface area (Å²) in [4.78, 5) is 12.1. The summed E-state index contributed by atoms with van der Waals surface area (Å²) in [5.41, 5.74) is 2.33. The van der Waals surface area contributed by atoms with E-state index in [2.05, 4.69) is 10.6 Å². The number of carbonyl (C=O) groups is 1. The van der Waals surface area contributed by atoms with Gasteiger partial charge in [0.2, 0.25) is 0 Å². The number of nitrogens with one attached hydrogen (secondary N) is 2. The largest absolute Gasteiger partial charge is 0.322 e. The molecule has 0 heterocycles. The minimum Gasteiger partial charge on any atom is -0.322 e. The number of halogens is 1. The number of hydrogen-bond donors (Lipinski definition) is 2. The van der Waals surface area contributed by atoms with E-state index in [-0.39, 0.29) is 11.7 Å². The average molecular weight is 298 g/mol. The number of benzene rings is 2. The highest BCUT2D eigenvalue weighted by Gasteiger charge is 2.20. The van der Waals surface area contributed by atoms with Gasteiger partial charge in [0.05, 0.1) is 0 Å². The Morgan fingerprint density at radius 3 is 2.64 bits per heavy atom. The summed E-state index contributed by atoms with van der Waals surface area (Å²) in [5, 5.41) is 6.27. The molecule has 0 aliphatic heterocycles. The van der Waals surface area contributed by atoms with E-state index in [9.17, 15) is 9.18 Å². The Hall–Kier alpha value is -2.20. The molecule has 2 N–H and O–H groups in total. The van der Waals surface area contributed by atoms with Gasteiger partial charge in [-0.05, 0) is 67.3 Å². The first-order chi connectivity index (χ1) is 10.7. The number of amides is 1. The molecule has 0 radical (unpaired) electrons. The van der Waals surface area contributed by atoms with E-state index < -0.39 is 0 Å². The molecule has 0 spiro atoms. The van der Waals surface area contributed by atoms with Crippen LogP contribution in [0.4, 0.5) is 10.1 Å². The van der Waals surface area contributed by atoms with Crippen molar-refractivity contribution >= 4 is 11.6 Å². The van der Waals surface area contributed by atoms with Gasteiger partial charge in [-0.1, -0.05) is 12.1 Å². The highest BCUT2D eigenvalue weighted by molar-refractivity contribution is 6.04. The van der Waals surface area contributed by atoms with Crippen LogP contribution in [0.25, 0.3) is 0 Å². The zero-order valence-corrected chi connectivity index (χ0v) is 12.3. The topological polar surface area (TPSA) is 41.1 Å². The molecule has 114 valence electrons. The molecule has 2 aromatic carbocycles. The van der Waals surface area contributed by atoms with Crippen molar-refractivity contribution in [2.24, 2.45) is 5.92 Å². The highest BCUT2D eigenvalue weighted by atomic mass is 19.1. The third-order valence-electron chi connectivity index (χ3n) is 3.75. The maximum Gasteiger partial charge on any atom is 0.255 e. The quantitative estimate of drug-likeness (QED) is 0.856. The van der Waals surface area contributed by atoms with E-state index in [4.69, 9.17) is 0 Å². The average Bonchev–Trinajstić information content (AvgIpc) is 3.32.